The molecule has 0 radical (unpaired) electrons. The van der Waals surface area contributed by atoms with E-state index in [4.69, 9.17) is 5.73 Å². The van der Waals surface area contributed by atoms with Gasteiger partial charge in [0.2, 0.25) is 0 Å². The first-order valence-electron chi connectivity index (χ1n) is 7.07. The third kappa shape index (κ3) is 3.74. The number of hydrogen-bond donors (Lipinski definition) is 2. The SMILES string of the molecule is CCC(N)Cc1cccnc1Sc1n[nH]c(=O)n1C(C)C. The zero-order valence-corrected chi connectivity index (χ0v) is 13.4. The van der Waals surface area contributed by atoms with Gasteiger partial charge in [-0.15, -0.1) is 5.10 Å². The van der Waals surface area contributed by atoms with Crippen LogP contribution in [0.4, 0.5) is 0 Å². The maximum absolute atomic E-state index is 11.8. The van der Waals surface area contributed by atoms with Crippen LogP contribution >= 0.6 is 11.8 Å². The van der Waals surface area contributed by atoms with E-state index < -0.39 is 0 Å². The van der Waals surface area contributed by atoms with Gasteiger partial charge in [0.05, 0.1) is 0 Å². The number of H-pyrrole nitrogens is 1. The van der Waals surface area contributed by atoms with Crippen LogP contribution in [0.2, 0.25) is 0 Å². The summed E-state index contributed by atoms with van der Waals surface area (Å²) in [5.74, 6) is 0. The fraction of sp³-hybridized carbons (Fsp3) is 0.500. The molecule has 0 aliphatic rings. The van der Waals surface area contributed by atoms with E-state index >= 15 is 0 Å². The molecule has 0 fully saturated rings. The van der Waals surface area contributed by atoms with E-state index in [9.17, 15) is 4.79 Å². The largest absolute Gasteiger partial charge is 0.344 e. The maximum atomic E-state index is 11.8. The third-order valence-electron chi connectivity index (χ3n) is 3.23. The van der Waals surface area contributed by atoms with Gasteiger partial charge in [-0.1, -0.05) is 13.0 Å². The summed E-state index contributed by atoms with van der Waals surface area (Å²) in [7, 11) is 0. The van der Waals surface area contributed by atoms with Gasteiger partial charge in [-0.25, -0.2) is 14.9 Å². The van der Waals surface area contributed by atoms with E-state index in [-0.39, 0.29) is 17.8 Å². The molecular formula is C14H21N5OS. The molecule has 114 valence electrons. The van der Waals surface area contributed by atoms with E-state index in [1.54, 1.807) is 10.8 Å². The highest BCUT2D eigenvalue weighted by Crippen LogP contribution is 2.28. The number of hydrogen-bond acceptors (Lipinski definition) is 5. The Balaban J connectivity index is 2.30. The molecule has 2 aromatic heterocycles. The Morgan fingerprint density at radius 2 is 2.24 bits per heavy atom. The molecule has 0 amide bonds. The van der Waals surface area contributed by atoms with Crippen LogP contribution in [-0.2, 0) is 6.42 Å². The van der Waals surface area contributed by atoms with Crippen LogP contribution in [0.3, 0.4) is 0 Å². The molecule has 7 heteroatoms. The van der Waals surface area contributed by atoms with Crippen LogP contribution in [0.15, 0.2) is 33.3 Å². The van der Waals surface area contributed by atoms with Crippen molar-refractivity contribution < 1.29 is 0 Å². The lowest BCUT2D eigenvalue weighted by atomic mass is 10.1. The fourth-order valence-electron chi connectivity index (χ4n) is 2.00. The minimum atomic E-state index is -0.199. The highest BCUT2D eigenvalue weighted by Gasteiger charge is 2.16. The number of nitrogens with two attached hydrogens (primary N) is 1. The van der Waals surface area contributed by atoms with Gasteiger partial charge in [-0.2, -0.15) is 0 Å². The van der Waals surface area contributed by atoms with Gasteiger partial charge < -0.3 is 5.73 Å². The van der Waals surface area contributed by atoms with E-state index in [2.05, 4.69) is 22.1 Å². The second-order valence-corrected chi connectivity index (χ2v) is 6.17. The predicted molar refractivity (Wildman–Crippen MR) is 83.6 cm³/mol. The monoisotopic (exact) mass is 307 g/mol. The average molecular weight is 307 g/mol. The van der Waals surface area contributed by atoms with Crippen molar-refractivity contribution in [3.63, 3.8) is 0 Å². The molecule has 1 atom stereocenters. The molecule has 0 aliphatic heterocycles. The van der Waals surface area contributed by atoms with Crippen LogP contribution in [-0.4, -0.2) is 25.8 Å². The first-order valence-corrected chi connectivity index (χ1v) is 7.88. The summed E-state index contributed by atoms with van der Waals surface area (Å²) in [5.41, 5.74) is 6.92. The second-order valence-electron chi connectivity index (χ2n) is 5.22. The molecule has 1 unspecified atom stereocenters. The van der Waals surface area contributed by atoms with Crippen molar-refractivity contribution in [1.82, 2.24) is 19.7 Å². The maximum Gasteiger partial charge on any atom is 0.344 e. The first-order chi connectivity index (χ1) is 10.0. The number of aromatic amines is 1. The van der Waals surface area contributed by atoms with Crippen LogP contribution in [0.5, 0.6) is 0 Å². The Kier molecular flexibility index (Phi) is 5.19. The van der Waals surface area contributed by atoms with Crippen LogP contribution in [0.1, 0.15) is 38.8 Å². The Bertz CT molecular complexity index is 649. The van der Waals surface area contributed by atoms with Gasteiger partial charge in [0, 0.05) is 18.3 Å². The van der Waals surface area contributed by atoms with Crippen molar-refractivity contribution in [2.75, 3.05) is 0 Å². The molecule has 2 aromatic rings. The van der Waals surface area contributed by atoms with Crippen LogP contribution in [0.25, 0.3) is 0 Å². The van der Waals surface area contributed by atoms with Gasteiger partial charge in [0.15, 0.2) is 5.16 Å². The molecule has 2 rings (SSSR count). The quantitative estimate of drug-likeness (QED) is 0.851. The van der Waals surface area contributed by atoms with Gasteiger partial charge in [0.25, 0.3) is 0 Å². The highest BCUT2D eigenvalue weighted by molar-refractivity contribution is 7.99. The van der Waals surface area contributed by atoms with E-state index in [0.29, 0.717) is 5.16 Å². The van der Waals surface area contributed by atoms with Gasteiger partial charge in [-0.3, -0.25) is 4.57 Å². The number of nitrogens with one attached hydrogen (secondary N) is 1. The fourth-order valence-corrected chi connectivity index (χ4v) is 3.05. The second kappa shape index (κ2) is 6.91. The third-order valence-corrected chi connectivity index (χ3v) is 4.26. The Hall–Kier alpha value is -1.60. The number of rotatable bonds is 6. The molecule has 0 bridgehead atoms. The minimum absolute atomic E-state index is 0.0452. The topological polar surface area (TPSA) is 89.6 Å². The molecule has 6 nitrogen and oxygen atoms in total. The summed E-state index contributed by atoms with van der Waals surface area (Å²) >= 11 is 1.40. The Labute approximate surface area is 128 Å². The zero-order chi connectivity index (χ0) is 15.4. The lowest BCUT2D eigenvalue weighted by molar-refractivity contribution is 0.533. The van der Waals surface area contributed by atoms with Crippen molar-refractivity contribution in [2.24, 2.45) is 5.73 Å². The Morgan fingerprint density at radius 1 is 1.48 bits per heavy atom. The summed E-state index contributed by atoms with van der Waals surface area (Å²) in [6.45, 7) is 5.97. The van der Waals surface area contributed by atoms with Gasteiger partial charge in [0.1, 0.15) is 5.03 Å². The van der Waals surface area contributed by atoms with E-state index in [1.807, 2.05) is 26.0 Å². The number of aromatic nitrogens is 4. The van der Waals surface area contributed by atoms with Gasteiger partial charge >= 0.3 is 5.69 Å². The van der Waals surface area contributed by atoms with Gasteiger partial charge in [-0.05, 0) is 50.1 Å². The van der Waals surface area contributed by atoms with Crippen molar-refractivity contribution in [1.29, 1.82) is 0 Å². The van der Waals surface area contributed by atoms with Crippen LogP contribution < -0.4 is 11.4 Å². The smallest absolute Gasteiger partial charge is 0.327 e. The molecule has 3 N–H and O–H groups in total. The summed E-state index contributed by atoms with van der Waals surface area (Å²) in [4.78, 5) is 16.2. The highest BCUT2D eigenvalue weighted by atomic mass is 32.2. The summed E-state index contributed by atoms with van der Waals surface area (Å²) in [6.07, 6.45) is 3.43. The van der Waals surface area contributed by atoms with Crippen LogP contribution in [0, 0.1) is 0 Å². The van der Waals surface area contributed by atoms with Crippen molar-refractivity contribution in [3.8, 4) is 0 Å². The molecule has 0 aliphatic carbocycles. The summed E-state index contributed by atoms with van der Waals surface area (Å²) in [6, 6.07) is 4.08. The molecular weight excluding hydrogens is 286 g/mol. The zero-order valence-electron chi connectivity index (χ0n) is 12.5. The molecule has 0 aromatic carbocycles. The average Bonchev–Trinajstić information content (AvgIpc) is 2.81. The minimum Gasteiger partial charge on any atom is -0.327 e. The van der Waals surface area contributed by atoms with Crippen molar-refractivity contribution >= 4 is 11.8 Å². The lowest BCUT2D eigenvalue weighted by Crippen LogP contribution is -2.22. The van der Waals surface area contributed by atoms with E-state index in [0.717, 1.165) is 23.4 Å². The molecule has 0 spiro atoms. The number of nitrogens with zero attached hydrogens (tertiary/aromatic N) is 3. The predicted octanol–water partition coefficient (Wildman–Crippen LogP) is 1.98. The van der Waals surface area contributed by atoms with Crippen molar-refractivity contribution in [2.45, 2.75) is 55.9 Å². The molecule has 21 heavy (non-hydrogen) atoms. The Morgan fingerprint density at radius 3 is 2.90 bits per heavy atom. The normalized spacial score (nSPS) is 12.8. The van der Waals surface area contributed by atoms with E-state index in [1.165, 1.54) is 11.8 Å². The molecule has 0 saturated carbocycles. The van der Waals surface area contributed by atoms with Crippen molar-refractivity contribution in [3.05, 3.63) is 34.4 Å². The molecule has 0 saturated heterocycles. The summed E-state index contributed by atoms with van der Waals surface area (Å²) < 4.78 is 1.63. The molecule has 2 heterocycles. The summed E-state index contributed by atoms with van der Waals surface area (Å²) in [5, 5.41) is 8.06. The standard InChI is InChI=1S/C14H21N5OS/c1-4-11(15)8-10-6-5-7-16-12(10)21-14-18-17-13(20)19(14)9(2)3/h5-7,9,11H,4,8,15H2,1-3H3,(H,17,20). The number of pyridine rings is 1. The first kappa shape index (κ1) is 15.8. The lowest BCUT2D eigenvalue weighted by Gasteiger charge is -2.13.